The largest absolute Gasteiger partial charge is 0.466 e. The van der Waals surface area contributed by atoms with Crippen molar-refractivity contribution in [3.8, 4) is 0 Å². The molecule has 1 N–H and O–H groups in total. The SMILES string of the molecule is CC(=O)OCCCOn1c(S(C)(=O)=O)c(C(C)C)c(=O)[nH]c1=O. The number of nitrogens with zero attached hydrogens (tertiary/aromatic N) is 1. The van der Waals surface area contributed by atoms with E-state index in [2.05, 4.69) is 0 Å². The Bertz CT molecular complexity index is 790. The van der Waals surface area contributed by atoms with Gasteiger partial charge < -0.3 is 9.57 Å². The third-order valence-corrected chi connectivity index (χ3v) is 3.90. The Kier molecular flexibility index (Phi) is 6.13. The Balaban J connectivity index is 3.21. The maximum atomic E-state index is 12.0. The van der Waals surface area contributed by atoms with E-state index in [4.69, 9.17) is 9.57 Å². The van der Waals surface area contributed by atoms with Crippen LogP contribution in [0.5, 0.6) is 0 Å². The average molecular weight is 348 g/mol. The maximum Gasteiger partial charge on any atom is 0.362 e. The van der Waals surface area contributed by atoms with Crippen LogP contribution in [0.15, 0.2) is 14.6 Å². The molecular weight excluding hydrogens is 328 g/mol. The van der Waals surface area contributed by atoms with E-state index in [1.54, 1.807) is 13.8 Å². The van der Waals surface area contributed by atoms with Crippen LogP contribution < -0.4 is 16.1 Å². The van der Waals surface area contributed by atoms with Crippen molar-refractivity contribution in [2.45, 2.75) is 38.1 Å². The standard InChI is InChI=1S/C13H20N2O7S/c1-8(2)10-11(17)14-13(18)15(12(10)23(4,19)20)22-7-5-6-21-9(3)16/h8H,5-7H2,1-4H3,(H,14,17,18). The van der Waals surface area contributed by atoms with Gasteiger partial charge in [0.25, 0.3) is 5.56 Å². The monoisotopic (exact) mass is 348 g/mol. The van der Waals surface area contributed by atoms with Gasteiger partial charge in [-0.15, -0.1) is 4.73 Å². The van der Waals surface area contributed by atoms with Crippen molar-refractivity contribution in [3.63, 3.8) is 0 Å². The van der Waals surface area contributed by atoms with Crippen molar-refractivity contribution >= 4 is 15.8 Å². The first kappa shape index (κ1) is 18.9. The molecule has 0 aromatic carbocycles. The number of carbonyl (C=O) groups excluding carboxylic acids is 1. The lowest BCUT2D eigenvalue weighted by atomic mass is 10.1. The highest BCUT2D eigenvalue weighted by atomic mass is 32.2. The molecule has 0 atom stereocenters. The summed E-state index contributed by atoms with van der Waals surface area (Å²) in [6, 6.07) is 0. The first-order valence-corrected chi connectivity index (χ1v) is 8.80. The third kappa shape index (κ3) is 4.95. The number of ether oxygens (including phenoxy) is 1. The molecule has 1 aromatic heterocycles. The summed E-state index contributed by atoms with van der Waals surface area (Å²) in [6.45, 7) is 4.52. The fourth-order valence-electron chi connectivity index (χ4n) is 1.92. The number of H-pyrrole nitrogens is 1. The van der Waals surface area contributed by atoms with Gasteiger partial charge in [0.2, 0.25) is 0 Å². The van der Waals surface area contributed by atoms with E-state index in [9.17, 15) is 22.8 Å². The van der Waals surface area contributed by atoms with Crippen molar-refractivity contribution in [2.24, 2.45) is 0 Å². The van der Waals surface area contributed by atoms with E-state index in [0.29, 0.717) is 4.73 Å². The first-order chi connectivity index (χ1) is 10.6. The number of carbonyl (C=O) groups is 1. The molecule has 0 bridgehead atoms. The lowest BCUT2D eigenvalue weighted by Gasteiger charge is -2.16. The molecule has 1 heterocycles. The van der Waals surface area contributed by atoms with Gasteiger partial charge in [-0.25, -0.2) is 13.2 Å². The van der Waals surface area contributed by atoms with E-state index < -0.39 is 38.0 Å². The van der Waals surface area contributed by atoms with Gasteiger partial charge in [-0.05, 0) is 5.92 Å². The Morgan fingerprint density at radius 2 is 1.87 bits per heavy atom. The van der Waals surface area contributed by atoms with Crippen molar-refractivity contribution < 1.29 is 22.8 Å². The molecule has 0 aliphatic carbocycles. The van der Waals surface area contributed by atoms with Crippen LogP contribution in [0.3, 0.4) is 0 Å². The van der Waals surface area contributed by atoms with Gasteiger partial charge in [-0.2, -0.15) is 0 Å². The molecule has 1 aromatic rings. The second kappa shape index (κ2) is 7.44. The van der Waals surface area contributed by atoms with E-state index in [1.165, 1.54) is 6.92 Å². The smallest absolute Gasteiger partial charge is 0.362 e. The highest BCUT2D eigenvalue weighted by molar-refractivity contribution is 7.90. The minimum atomic E-state index is -3.88. The van der Waals surface area contributed by atoms with Gasteiger partial charge in [-0.1, -0.05) is 13.8 Å². The van der Waals surface area contributed by atoms with Gasteiger partial charge >= 0.3 is 11.7 Å². The Morgan fingerprint density at radius 3 is 2.35 bits per heavy atom. The fraction of sp³-hybridized carbons (Fsp3) is 0.615. The molecule has 0 radical (unpaired) electrons. The summed E-state index contributed by atoms with van der Waals surface area (Å²) in [7, 11) is -3.88. The minimum absolute atomic E-state index is 0.0490. The summed E-state index contributed by atoms with van der Waals surface area (Å²) in [5, 5.41) is -0.464. The number of nitrogens with one attached hydrogen (secondary N) is 1. The molecule has 0 aliphatic rings. The van der Waals surface area contributed by atoms with Crippen molar-refractivity contribution in [1.82, 2.24) is 9.71 Å². The van der Waals surface area contributed by atoms with Crippen LogP contribution in [-0.2, 0) is 19.4 Å². The van der Waals surface area contributed by atoms with Crippen LogP contribution in [0.1, 0.15) is 38.7 Å². The van der Waals surface area contributed by atoms with Crippen molar-refractivity contribution in [2.75, 3.05) is 19.5 Å². The average Bonchev–Trinajstić information content (AvgIpc) is 2.37. The molecule has 0 amide bonds. The van der Waals surface area contributed by atoms with Crippen LogP contribution in [0.25, 0.3) is 0 Å². The molecule has 1 rings (SSSR count). The molecule has 0 saturated carbocycles. The molecular formula is C13H20N2O7S. The molecule has 10 heteroatoms. The fourth-order valence-corrected chi connectivity index (χ4v) is 3.09. The lowest BCUT2D eigenvalue weighted by molar-refractivity contribution is -0.141. The highest BCUT2D eigenvalue weighted by Crippen LogP contribution is 2.18. The van der Waals surface area contributed by atoms with E-state index in [0.717, 1.165) is 6.26 Å². The highest BCUT2D eigenvalue weighted by Gasteiger charge is 2.26. The Hall–Kier alpha value is -2.10. The first-order valence-electron chi connectivity index (χ1n) is 6.91. The number of sulfone groups is 1. The molecule has 9 nitrogen and oxygen atoms in total. The molecule has 130 valence electrons. The molecule has 0 spiro atoms. The summed E-state index contributed by atoms with van der Waals surface area (Å²) in [5.74, 6) is -0.884. The third-order valence-electron chi connectivity index (χ3n) is 2.81. The zero-order valence-electron chi connectivity index (χ0n) is 13.4. The molecule has 0 saturated heterocycles. The van der Waals surface area contributed by atoms with Crippen LogP contribution in [0.2, 0.25) is 0 Å². The number of aromatic nitrogens is 2. The van der Waals surface area contributed by atoms with Crippen molar-refractivity contribution in [1.29, 1.82) is 0 Å². The summed E-state index contributed by atoms with van der Waals surface area (Å²) >= 11 is 0. The minimum Gasteiger partial charge on any atom is -0.466 e. The normalized spacial score (nSPS) is 11.5. The van der Waals surface area contributed by atoms with Crippen LogP contribution in [0.4, 0.5) is 0 Å². The van der Waals surface area contributed by atoms with Gasteiger partial charge in [0.1, 0.15) is 6.61 Å². The molecule has 0 aliphatic heterocycles. The van der Waals surface area contributed by atoms with E-state index in [1.807, 2.05) is 4.98 Å². The zero-order chi connectivity index (χ0) is 17.8. The summed E-state index contributed by atoms with van der Waals surface area (Å²) in [6.07, 6.45) is 1.15. The predicted molar refractivity (Wildman–Crippen MR) is 81.2 cm³/mol. The molecule has 0 unspecified atom stereocenters. The van der Waals surface area contributed by atoms with Gasteiger partial charge in [0.05, 0.1) is 12.2 Å². The summed E-state index contributed by atoms with van der Waals surface area (Å²) < 4.78 is 29.3. The number of hydrogen-bond acceptors (Lipinski definition) is 7. The number of aromatic amines is 1. The van der Waals surface area contributed by atoms with E-state index in [-0.39, 0.29) is 25.2 Å². The van der Waals surface area contributed by atoms with Crippen LogP contribution in [-0.4, -0.2) is 43.6 Å². The number of rotatable bonds is 7. The maximum absolute atomic E-state index is 12.0. The van der Waals surface area contributed by atoms with Crippen LogP contribution in [0, 0.1) is 0 Å². The molecule has 23 heavy (non-hydrogen) atoms. The second-order valence-electron chi connectivity index (χ2n) is 5.23. The van der Waals surface area contributed by atoms with Gasteiger partial charge in [0, 0.05) is 19.6 Å². The predicted octanol–water partition coefficient (Wildman–Crippen LogP) is -0.555. The van der Waals surface area contributed by atoms with E-state index >= 15 is 0 Å². The Morgan fingerprint density at radius 1 is 1.26 bits per heavy atom. The van der Waals surface area contributed by atoms with Gasteiger partial charge in [0.15, 0.2) is 14.9 Å². The summed E-state index contributed by atoms with van der Waals surface area (Å²) in [4.78, 5) is 41.7. The number of esters is 1. The van der Waals surface area contributed by atoms with Crippen molar-refractivity contribution in [3.05, 3.63) is 26.4 Å². The quantitative estimate of drug-likeness (QED) is 0.398. The molecule has 0 fully saturated rings. The Labute approximate surface area is 133 Å². The lowest BCUT2D eigenvalue weighted by Crippen LogP contribution is -2.40. The van der Waals surface area contributed by atoms with Crippen LogP contribution >= 0.6 is 0 Å². The van der Waals surface area contributed by atoms with Gasteiger partial charge in [-0.3, -0.25) is 14.6 Å². The summed E-state index contributed by atoms with van der Waals surface area (Å²) in [5.41, 5.74) is -1.79. The number of hydrogen-bond donors (Lipinski definition) is 1. The topological polar surface area (TPSA) is 125 Å². The zero-order valence-corrected chi connectivity index (χ0v) is 14.2. The second-order valence-corrected chi connectivity index (χ2v) is 7.16.